The van der Waals surface area contributed by atoms with Gasteiger partial charge in [0.2, 0.25) is 0 Å². The highest BCUT2D eigenvalue weighted by molar-refractivity contribution is 7.21. The van der Waals surface area contributed by atoms with Crippen LogP contribution in [0.5, 0.6) is 0 Å². The van der Waals surface area contributed by atoms with Crippen LogP contribution in [0.25, 0.3) is 20.8 Å². The molecule has 0 atom stereocenters. The van der Waals surface area contributed by atoms with E-state index in [1.807, 2.05) is 36.4 Å². The highest BCUT2D eigenvalue weighted by Gasteiger charge is 2.26. The van der Waals surface area contributed by atoms with Crippen LogP contribution in [0, 0.1) is 0 Å². The number of esters is 1. The molecule has 8 nitrogen and oxygen atoms in total. The van der Waals surface area contributed by atoms with Gasteiger partial charge < -0.3 is 19.3 Å². The smallest absolute Gasteiger partial charge is 0.409 e. The second-order valence-corrected chi connectivity index (χ2v) is 8.21. The lowest BCUT2D eigenvalue weighted by atomic mass is 10.1. The second-order valence-electron chi connectivity index (χ2n) is 7.18. The molecule has 4 rings (SSSR count). The maximum absolute atomic E-state index is 12.8. The number of piperazine rings is 1. The fourth-order valence-corrected chi connectivity index (χ4v) is 4.49. The molecule has 1 aliphatic rings. The van der Waals surface area contributed by atoms with Crippen molar-refractivity contribution >= 4 is 39.5 Å². The van der Waals surface area contributed by atoms with Gasteiger partial charge in [0.15, 0.2) is 6.61 Å². The molecule has 0 N–H and O–H groups in total. The largest absolute Gasteiger partial charge is 0.452 e. The van der Waals surface area contributed by atoms with E-state index in [1.54, 1.807) is 28.9 Å². The van der Waals surface area contributed by atoms with Crippen LogP contribution < -0.4 is 0 Å². The molecule has 2 aromatic carbocycles. The Labute approximate surface area is 189 Å². The molecule has 166 valence electrons. The summed E-state index contributed by atoms with van der Waals surface area (Å²) in [6.45, 7) is 3.23. The third-order valence-electron chi connectivity index (χ3n) is 5.16. The number of para-hydroxylation sites is 1. The first kappa shape index (κ1) is 21.8. The molecule has 0 aliphatic carbocycles. The molecule has 0 saturated carbocycles. The summed E-state index contributed by atoms with van der Waals surface area (Å²) in [5, 5.41) is 0.722. The molecule has 2 heterocycles. The molecule has 1 fully saturated rings. The van der Waals surface area contributed by atoms with Crippen LogP contribution in [0.1, 0.15) is 17.3 Å². The zero-order valence-electron chi connectivity index (χ0n) is 17.7. The predicted molar refractivity (Wildman–Crippen MR) is 121 cm³/mol. The van der Waals surface area contributed by atoms with Gasteiger partial charge in [-0.05, 0) is 25.1 Å². The molecular weight excluding hydrogens is 430 g/mol. The van der Waals surface area contributed by atoms with Crippen LogP contribution in [-0.2, 0) is 14.3 Å². The van der Waals surface area contributed by atoms with Crippen LogP contribution in [-0.4, -0.2) is 72.1 Å². The first-order valence-electron chi connectivity index (χ1n) is 10.4. The van der Waals surface area contributed by atoms with Gasteiger partial charge >= 0.3 is 12.1 Å². The topological polar surface area (TPSA) is 89.0 Å². The van der Waals surface area contributed by atoms with E-state index in [-0.39, 0.29) is 18.6 Å². The molecule has 0 radical (unpaired) electrons. The molecule has 9 heteroatoms. The van der Waals surface area contributed by atoms with Crippen molar-refractivity contribution in [2.75, 3.05) is 39.4 Å². The number of amides is 2. The third-order valence-corrected chi connectivity index (χ3v) is 6.23. The van der Waals surface area contributed by atoms with E-state index >= 15 is 0 Å². The number of rotatable bonds is 5. The van der Waals surface area contributed by atoms with Gasteiger partial charge in [-0.25, -0.2) is 14.6 Å². The maximum atomic E-state index is 12.8. The van der Waals surface area contributed by atoms with Crippen molar-refractivity contribution in [2.45, 2.75) is 6.92 Å². The fraction of sp³-hybridized carbons (Fsp3) is 0.304. The number of hydrogen-bond donors (Lipinski definition) is 0. The number of hydrogen-bond acceptors (Lipinski definition) is 7. The average molecular weight is 454 g/mol. The van der Waals surface area contributed by atoms with Gasteiger partial charge in [-0.1, -0.05) is 30.3 Å². The van der Waals surface area contributed by atoms with Crippen molar-refractivity contribution in [1.29, 1.82) is 0 Å². The van der Waals surface area contributed by atoms with Gasteiger partial charge in [0.25, 0.3) is 5.91 Å². The Morgan fingerprint density at radius 2 is 1.62 bits per heavy atom. The Bertz CT molecular complexity index is 1100. The van der Waals surface area contributed by atoms with Crippen molar-refractivity contribution in [3.63, 3.8) is 0 Å². The summed E-state index contributed by atoms with van der Waals surface area (Å²) in [4.78, 5) is 44.8. The molecule has 1 aromatic heterocycles. The van der Waals surface area contributed by atoms with E-state index in [9.17, 15) is 14.4 Å². The van der Waals surface area contributed by atoms with E-state index in [0.29, 0.717) is 43.9 Å². The summed E-state index contributed by atoms with van der Waals surface area (Å²) in [5.74, 6) is -0.863. The summed E-state index contributed by atoms with van der Waals surface area (Å²) in [7, 11) is 0. The number of aromatic nitrogens is 1. The fourth-order valence-electron chi connectivity index (χ4n) is 3.48. The normalized spacial score (nSPS) is 13.8. The molecule has 32 heavy (non-hydrogen) atoms. The third kappa shape index (κ3) is 4.72. The zero-order chi connectivity index (χ0) is 22.5. The molecule has 1 aliphatic heterocycles. The van der Waals surface area contributed by atoms with Crippen molar-refractivity contribution in [3.8, 4) is 10.6 Å². The van der Waals surface area contributed by atoms with Gasteiger partial charge in [0.05, 0.1) is 22.4 Å². The van der Waals surface area contributed by atoms with Crippen LogP contribution in [0.4, 0.5) is 4.79 Å². The number of ether oxygens (including phenoxy) is 2. The van der Waals surface area contributed by atoms with Crippen LogP contribution in [0.2, 0.25) is 0 Å². The molecular formula is C23H23N3O5S. The quantitative estimate of drug-likeness (QED) is 0.550. The van der Waals surface area contributed by atoms with E-state index in [0.717, 1.165) is 15.2 Å². The minimum absolute atomic E-state index is 0.292. The molecule has 0 spiro atoms. The van der Waals surface area contributed by atoms with Crippen LogP contribution in [0.3, 0.4) is 0 Å². The molecule has 2 amide bonds. The number of carbonyl (C=O) groups is 3. The van der Waals surface area contributed by atoms with E-state index < -0.39 is 5.97 Å². The molecule has 1 saturated heterocycles. The Hall–Kier alpha value is -3.46. The average Bonchev–Trinajstić information content (AvgIpc) is 3.27. The van der Waals surface area contributed by atoms with Gasteiger partial charge in [-0.3, -0.25) is 4.79 Å². The number of thiazole rings is 1. The second kappa shape index (κ2) is 9.78. The summed E-state index contributed by atoms with van der Waals surface area (Å²) < 4.78 is 11.3. The summed E-state index contributed by atoms with van der Waals surface area (Å²) in [5.41, 5.74) is 1.91. The zero-order valence-corrected chi connectivity index (χ0v) is 18.5. The highest BCUT2D eigenvalue weighted by atomic mass is 32.1. The van der Waals surface area contributed by atoms with Gasteiger partial charge in [-0.15, -0.1) is 11.3 Å². The first-order chi connectivity index (χ1) is 15.6. The lowest BCUT2D eigenvalue weighted by Crippen LogP contribution is -2.51. The minimum atomic E-state index is -0.571. The van der Waals surface area contributed by atoms with Crippen molar-refractivity contribution in [2.24, 2.45) is 0 Å². The number of fused-ring (bicyclic) bond motifs is 1. The van der Waals surface area contributed by atoms with Crippen LogP contribution >= 0.6 is 11.3 Å². The summed E-state index contributed by atoms with van der Waals surface area (Å²) in [6, 6.07) is 14.9. The minimum Gasteiger partial charge on any atom is -0.452 e. The standard InChI is InChI=1S/C23H23N3O5S/c1-2-30-23(29)26-13-11-25(12-14-26)20(27)15-31-22(28)17-8-4-3-7-16(17)21-24-18-9-5-6-10-19(18)32-21/h3-10H,2,11-15H2,1H3. The van der Waals surface area contributed by atoms with E-state index in [4.69, 9.17) is 9.47 Å². The van der Waals surface area contributed by atoms with E-state index in [1.165, 1.54) is 11.3 Å². The number of nitrogens with zero attached hydrogens (tertiary/aromatic N) is 3. The van der Waals surface area contributed by atoms with Crippen molar-refractivity contribution < 1.29 is 23.9 Å². The summed E-state index contributed by atoms with van der Waals surface area (Å²) >= 11 is 1.50. The Balaban J connectivity index is 1.38. The monoisotopic (exact) mass is 453 g/mol. The summed E-state index contributed by atoms with van der Waals surface area (Å²) in [6.07, 6.45) is -0.377. The van der Waals surface area contributed by atoms with Gasteiger partial charge in [-0.2, -0.15) is 0 Å². The number of carbonyl (C=O) groups excluding carboxylic acids is 3. The lowest BCUT2D eigenvalue weighted by molar-refractivity contribution is -0.136. The molecule has 3 aromatic rings. The molecule has 0 unspecified atom stereocenters. The maximum Gasteiger partial charge on any atom is 0.409 e. The Kier molecular flexibility index (Phi) is 6.65. The highest BCUT2D eigenvalue weighted by Crippen LogP contribution is 2.32. The van der Waals surface area contributed by atoms with Gasteiger partial charge in [0.1, 0.15) is 5.01 Å². The Morgan fingerprint density at radius 3 is 2.38 bits per heavy atom. The van der Waals surface area contributed by atoms with E-state index in [2.05, 4.69) is 4.98 Å². The van der Waals surface area contributed by atoms with Crippen molar-refractivity contribution in [1.82, 2.24) is 14.8 Å². The molecule has 0 bridgehead atoms. The van der Waals surface area contributed by atoms with Gasteiger partial charge in [0, 0.05) is 31.7 Å². The van der Waals surface area contributed by atoms with Crippen LogP contribution in [0.15, 0.2) is 48.5 Å². The lowest BCUT2D eigenvalue weighted by Gasteiger charge is -2.33. The van der Waals surface area contributed by atoms with Crippen molar-refractivity contribution in [3.05, 3.63) is 54.1 Å². The number of benzene rings is 2. The SMILES string of the molecule is CCOC(=O)N1CCN(C(=O)COC(=O)c2ccccc2-c2nc3ccccc3s2)CC1. The first-order valence-corrected chi connectivity index (χ1v) is 11.2. The Morgan fingerprint density at radius 1 is 0.938 bits per heavy atom. The predicted octanol–water partition coefficient (Wildman–Crippen LogP) is 3.42.